The lowest BCUT2D eigenvalue weighted by atomic mass is 9.51. The van der Waals surface area contributed by atoms with Crippen LogP contribution in [0, 0.1) is 34.9 Å². The summed E-state index contributed by atoms with van der Waals surface area (Å²) in [6.07, 6.45) is 3.79. The van der Waals surface area contributed by atoms with Gasteiger partial charge in [0.05, 0.1) is 46.0 Å². The predicted octanol–water partition coefficient (Wildman–Crippen LogP) is 6.74. The molecule has 9 nitrogen and oxygen atoms in total. The molecule has 0 unspecified atom stereocenters. The molecule has 270 valence electrons. The average molecular weight is 747 g/mol. The number of hydrogen-bond acceptors (Lipinski definition) is 7. The second-order valence-electron chi connectivity index (χ2n) is 14.9. The summed E-state index contributed by atoms with van der Waals surface area (Å²) in [5.41, 5.74) is 1.30. The molecule has 0 radical (unpaired) electrons. The summed E-state index contributed by atoms with van der Waals surface area (Å²) in [7, 11) is 1.39. The van der Waals surface area contributed by atoms with Crippen LogP contribution in [-0.2, 0) is 25.7 Å². The van der Waals surface area contributed by atoms with E-state index in [0.29, 0.717) is 24.8 Å². The Hall–Kier alpha value is -4.25. The predicted molar refractivity (Wildman–Crippen MR) is 192 cm³/mol. The van der Waals surface area contributed by atoms with Crippen molar-refractivity contribution in [1.82, 2.24) is 9.80 Å². The van der Waals surface area contributed by atoms with Crippen LogP contribution < -0.4 is 9.64 Å². The number of benzene rings is 3. The molecule has 4 amide bonds. The summed E-state index contributed by atoms with van der Waals surface area (Å²) in [6.45, 7) is 4.05. The minimum absolute atomic E-state index is 0.00163. The van der Waals surface area contributed by atoms with Crippen LogP contribution in [0.15, 0.2) is 72.3 Å². The number of ether oxygens (including phenoxy) is 1. The Bertz CT molecular complexity index is 2030. The third kappa shape index (κ3) is 5.28. The molecule has 4 fully saturated rings. The van der Waals surface area contributed by atoms with Gasteiger partial charge in [0.2, 0.25) is 23.6 Å². The first-order valence-corrected chi connectivity index (χ1v) is 18.4. The Morgan fingerprint density at radius 2 is 1.65 bits per heavy atom. The van der Waals surface area contributed by atoms with Crippen molar-refractivity contribution in [3.8, 4) is 11.5 Å². The van der Waals surface area contributed by atoms with E-state index in [1.54, 1.807) is 19.1 Å². The zero-order chi connectivity index (χ0) is 36.6. The van der Waals surface area contributed by atoms with Gasteiger partial charge in [-0.2, -0.15) is 0 Å². The zero-order valence-electron chi connectivity index (χ0n) is 28.7. The van der Waals surface area contributed by atoms with Crippen molar-refractivity contribution in [3.05, 3.63) is 99.3 Å². The van der Waals surface area contributed by atoms with Crippen LogP contribution in [-0.4, -0.2) is 64.8 Å². The van der Waals surface area contributed by atoms with E-state index in [0.717, 1.165) is 36.2 Å². The molecule has 3 aliphatic heterocycles. The summed E-state index contributed by atoms with van der Waals surface area (Å²) >= 11 is 12.6. The number of carbonyl (C=O) groups is 4. The Kier molecular flexibility index (Phi) is 8.71. The lowest BCUT2D eigenvalue weighted by Crippen LogP contribution is -2.49. The number of rotatable bonds is 6. The standard InChI is InChI=1S/C40H38Cl2FN3O6/c1-40-28(37(49)46(39(40)51)24-8-11-31(43)29(41)18-24)19-27-25(34(40)22-16-30(42)35(47)32(17-22)52-2)9-10-26-33(27)38(50)45(36(26)48)23-12-14-44(15-13-23)20-21-6-4-3-5-7-21/h3-9,11,16-18,23,26-28,33-34,47H,10,12-15,19-20H2,1-2H3/t26-,27+,28-,33-,34-,40+/m0/s1. The number of anilines is 1. The molecule has 8 rings (SSSR count). The Morgan fingerprint density at radius 1 is 0.923 bits per heavy atom. The monoisotopic (exact) mass is 745 g/mol. The second kappa shape index (κ2) is 13.0. The highest BCUT2D eigenvalue weighted by Crippen LogP contribution is 2.64. The number of likely N-dealkylation sites (tertiary alicyclic amines) is 2. The van der Waals surface area contributed by atoms with Crippen molar-refractivity contribution in [2.45, 2.75) is 51.1 Å². The molecule has 0 bridgehead atoms. The highest BCUT2D eigenvalue weighted by molar-refractivity contribution is 6.32. The maximum Gasteiger partial charge on any atom is 0.241 e. The van der Waals surface area contributed by atoms with Gasteiger partial charge < -0.3 is 9.84 Å². The molecular formula is C40H38Cl2FN3O6. The fourth-order valence-electron chi connectivity index (χ4n) is 9.74. The molecule has 3 heterocycles. The van der Waals surface area contributed by atoms with Crippen LogP contribution in [0.5, 0.6) is 11.5 Å². The number of phenols is 1. The summed E-state index contributed by atoms with van der Waals surface area (Å²) < 4.78 is 19.7. The van der Waals surface area contributed by atoms with Crippen LogP contribution in [0.1, 0.15) is 49.7 Å². The van der Waals surface area contributed by atoms with Crippen LogP contribution >= 0.6 is 23.2 Å². The van der Waals surface area contributed by atoms with E-state index >= 15 is 0 Å². The number of nitrogens with zero attached hydrogens (tertiary/aromatic N) is 3. The van der Waals surface area contributed by atoms with Gasteiger partial charge in [-0.25, -0.2) is 9.29 Å². The van der Waals surface area contributed by atoms with Crippen LogP contribution in [0.4, 0.5) is 10.1 Å². The number of imide groups is 2. The number of piperidine rings is 1. The normalized spacial score (nSPS) is 29.2. The van der Waals surface area contributed by atoms with E-state index in [1.165, 1.54) is 29.7 Å². The zero-order valence-corrected chi connectivity index (χ0v) is 30.2. The smallest absolute Gasteiger partial charge is 0.241 e. The molecule has 3 saturated heterocycles. The fraction of sp³-hybridized carbons (Fsp3) is 0.400. The van der Waals surface area contributed by atoms with Crippen molar-refractivity contribution in [2.24, 2.45) is 29.1 Å². The van der Waals surface area contributed by atoms with E-state index < -0.39 is 52.6 Å². The van der Waals surface area contributed by atoms with Gasteiger partial charge in [-0.1, -0.05) is 65.2 Å². The molecule has 3 aromatic rings. The van der Waals surface area contributed by atoms with E-state index in [-0.39, 0.29) is 51.5 Å². The molecule has 3 aromatic carbocycles. The number of fused-ring (bicyclic) bond motifs is 4. The van der Waals surface area contributed by atoms with Gasteiger partial charge in [0.15, 0.2) is 11.5 Å². The molecule has 6 atom stereocenters. The Morgan fingerprint density at radius 3 is 2.35 bits per heavy atom. The quantitative estimate of drug-likeness (QED) is 0.220. The fourth-order valence-corrected chi connectivity index (χ4v) is 10.1. The highest BCUT2D eigenvalue weighted by atomic mass is 35.5. The lowest BCUT2D eigenvalue weighted by Gasteiger charge is -2.49. The first-order valence-electron chi connectivity index (χ1n) is 17.7. The minimum atomic E-state index is -1.37. The van der Waals surface area contributed by atoms with Gasteiger partial charge in [0.25, 0.3) is 0 Å². The van der Waals surface area contributed by atoms with Crippen LogP contribution in [0.3, 0.4) is 0 Å². The SMILES string of the molecule is COc1cc([C@H]2C3=CC[C@@H]4C(=O)N(C5CCN(Cc6ccccc6)CC5)C(=O)[C@@H]4[C@@H]3C[C@H]3C(=O)N(c4ccc(F)c(Cl)c4)C(=O)[C@@]23C)cc(Cl)c1O. The molecule has 12 heteroatoms. The number of halogens is 3. The molecule has 0 aromatic heterocycles. The lowest BCUT2D eigenvalue weighted by molar-refractivity contribution is -0.144. The van der Waals surface area contributed by atoms with Crippen molar-refractivity contribution >= 4 is 52.5 Å². The largest absolute Gasteiger partial charge is 0.503 e. The van der Waals surface area contributed by atoms with Gasteiger partial charge >= 0.3 is 0 Å². The Labute approximate surface area is 310 Å². The first kappa shape index (κ1) is 34.8. The van der Waals surface area contributed by atoms with Crippen molar-refractivity contribution in [2.75, 3.05) is 25.1 Å². The van der Waals surface area contributed by atoms with E-state index in [9.17, 15) is 28.7 Å². The number of hydrogen-bond donors (Lipinski definition) is 1. The number of aromatic hydroxyl groups is 1. The maximum absolute atomic E-state index is 14.7. The first-order chi connectivity index (χ1) is 24.9. The van der Waals surface area contributed by atoms with Crippen LogP contribution in [0.25, 0.3) is 0 Å². The molecule has 1 saturated carbocycles. The highest BCUT2D eigenvalue weighted by Gasteiger charge is 2.68. The second-order valence-corrected chi connectivity index (χ2v) is 15.7. The molecule has 1 N–H and O–H groups in total. The number of phenolic OH excluding ortho intramolecular Hbond substituents is 1. The summed E-state index contributed by atoms with van der Waals surface area (Å²) in [5, 5.41) is 10.4. The topological polar surface area (TPSA) is 107 Å². The molecule has 2 aliphatic carbocycles. The molecular weight excluding hydrogens is 708 g/mol. The van der Waals surface area contributed by atoms with Gasteiger partial charge in [-0.05, 0) is 80.0 Å². The van der Waals surface area contributed by atoms with E-state index in [4.69, 9.17) is 27.9 Å². The van der Waals surface area contributed by atoms with Gasteiger partial charge in [0, 0.05) is 31.6 Å². The third-order valence-corrected chi connectivity index (χ3v) is 12.8. The number of amides is 4. The molecule has 0 spiro atoms. The van der Waals surface area contributed by atoms with E-state index in [1.807, 2.05) is 24.3 Å². The summed E-state index contributed by atoms with van der Waals surface area (Å²) in [6, 6.07) is 16.9. The van der Waals surface area contributed by atoms with Gasteiger partial charge in [-0.15, -0.1) is 0 Å². The molecule has 52 heavy (non-hydrogen) atoms. The summed E-state index contributed by atoms with van der Waals surface area (Å²) in [4.78, 5) is 62.7. The third-order valence-electron chi connectivity index (χ3n) is 12.2. The van der Waals surface area contributed by atoms with Gasteiger partial charge in [0.1, 0.15) is 5.82 Å². The number of carbonyl (C=O) groups excluding carboxylic acids is 4. The number of allylic oxidation sites excluding steroid dienone is 2. The number of methoxy groups -OCH3 is 1. The summed E-state index contributed by atoms with van der Waals surface area (Å²) in [5.74, 6) is -5.71. The molecule has 5 aliphatic rings. The van der Waals surface area contributed by atoms with Crippen molar-refractivity contribution in [1.29, 1.82) is 0 Å². The van der Waals surface area contributed by atoms with Crippen LogP contribution in [0.2, 0.25) is 10.0 Å². The Balaban J connectivity index is 1.15. The van der Waals surface area contributed by atoms with E-state index in [2.05, 4.69) is 17.0 Å². The maximum atomic E-state index is 14.7. The minimum Gasteiger partial charge on any atom is -0.503 e. The van der Waals surface area contributed by atoms with Crippen molar-refractivity contribution in [3.63, 3.8) is 0 Å². The van der Waals surface area contributed by atoms with Crippen molar-refractivity contribution < 1.29 is 33.4 Å². The van der Waals surface area contributed by atoms with Gasteiger partial charge in [-0.3, -0.25) is 29.0 Å². The average Bonchev–Trinajstić information content (AvgIpc) is 3.50.